The van der Waals surface area contributed by atoms with Crippen LogP contribution in [0.2, 0.25) is 0 Å². The van der Waals surface area contributed by atoms with E-state index in [-0.39, 0.29) is 6.04 Å². The minimum Gasteiger partial charge on any atom is -0.368 e. The molecule has 0 saturated carbocycles. The van der Waals surface area contributed by atoms with Crippen LogP contribution in [0.4, 0.5) is 11.8 Å². The summed E-state index contributed by atoms with van der Waals surface area (Å²) in [5.74, 6) is 1.23. The number of fused-ring (bicyclic) bond motifs is 1. The van der Waals surface area contributed by atoms with E-state index in [1.54, 1.807) is 11.3 Å². The Bertz CT molecular complexity index is 814. The van der Waals surface area contributed by atoms with Crippen LogP contribution in [0.1, 0.15) is 6.42 Å². The summed E-state index contributed by atoms with van der Waals surface area (Å²) >= 11 is 1.65. The van der Waals surface area contributed by atoms with E-state index in [0.29, 0.717) is 5.95 Å². The molecule has 6 heteroatoms. The minimum absolute atomic E-state index is 0.207. The highest BCUT2D eigenvalue weighted by Crippen LogP contribution is 2.37. The van der Waals surface area contributed by atoms with Gasteiger partial charge in [-0.15, -0.1) is 11.3 Å². The van der Waals surface area contributed by atoms with E-state index in [4.69, 9.17) is 11.5 Å². The van der Waals surface area contributed by atoms with Gasteiger partial charge in [0.2, 0.25) is 5.95 Å². The van der Waals surface area contributed by atoms with Crippen LogP contribution in [0, 0.1) is 0 Å². The molecule has 0 radical (unpaired) electrons. The number of benzene rings is 1. The second kappa shape index (κ2) is 5.23. The third-order valence-electron chi connectivity index (χ3n) is 3.97. The molecule has 0 bridgehead atoms. The fourth-order valence-electron chi connectivity index (χ4n) is 2.89. The highest BCUT2D eigenvalue weighted by atomic mass is 32.1. The first-order valence-electron chi connectivity index (χ1n) is 7.34. The predicted octanol–water partition coefficient (Wildman–Crippen LogP) is 2.48. The first-order valence-corrected chi connectivity index (χ1v) is 8.15. The van der Waals surface area contributed by atoms with Gasteiger partial charge in [0.25, 0.3) is 0 Å². The number of nitrogens with zero attached hydrogens (tertiary/aromatic N) is 3. The van der Waals surface area contributed by atoms with Gasteiger partial charge >= 0.3 is 0 Å². The third kappa shape index (κ3) is 2.30. The zero-order valence-corrected chi connectivity index (χ0v) is 12.9. The summed E-state index contributed by atoms with van der Waals surface area (Å²) in [6, 6.07) is 12.7. The van der Waals surface area contributed by atoms with Crippen LogP contribution in [-0.4, -0.2) is 29.1 Å². The van der Waals surface area contributed by atoms with Crippen LogP contribution < -0.4 is 16.4 Å². The number of nitrogens with two attached hydrogens (primary N) is 2. The lowest BCUT2D eigenvalue weighted by Crippen LogP contribution is -2.27. The Morgan fingerprint density at radius 2 is 2.00 bits per heavy atom. The maximum absolute atomic E-state index is 6.03. The molecule has 22 heavy (non-hydrogen) atoms. The van der Waals surface area contributed by atoms with E-state index in [1.807, 2.05) is 18.2 Å². The van der Waals surface area contributed by atoms with Crippen LogP contribution in [0.3, 0.4) is 0 Å². The Hall–Kier alpha value is -2.18. The molecule has 2 aromatic heterocycles. The Labute approximate surface area is 132 Å². The normalized spacial score (nSPS) is 18.2. The maximum atomic E-state index is 6.03. The molecule has 4 N–H and O–H groups in total. The Morgan fingerprint density at radius 3 is 2.73 bits per heavy atom. The van der Waals surface area contributed by atoms with E-state index in [2.05, 4.69) is 33.1 Å². The van der Waals surface area contributed by atoms with Crippen molar-refractivity contribution in [3.63, 3.8) is 0 Å². The highest BCUT2D eigenvalue weighted by Gasteiger charge is 2.23. The first kappa shape index (κ1) is 13.5. The van der Waals surface area contributed by atoms with Crippen molar-refractivity contribution in [2.24, 2.45) is 5.73 Å². The molecular formula is C16H17N5S. The lowest BCUT2D eigenvalue weighted by atomic mass is 10.2. The van der Waals surface area contributed by atoms with Crippen molar-refractivity contribution in [2.45, 2.75) is 12.5 Å². The molecule has 1 fully saturated rings. The molecule has 1 unspecified atom stereocenters. The lowest BCUT2D eigenvalue weighted by molar-refractivity contribution is 0.751. The Kier molecular flexibility index (Phi) is 3.20. The standard InChI is InChI=1S/C16H17N5S/c17-11-6-7-21(9-11)14-12-8-13(10-4-2-1-3-5-10)22-15(12)20-16(18)19-14/h1-5,8,11H,6-7,9,17H2,(H2,18,19,20). The van der Waals surface area contributed by atoms with Gasteiger partial charge in [-0.1, -0.05) is 30.3 Å². The van der Waals surface area contributed by atoms with Gasteiger partial charge in [-0.2, -0.15) is 4.98 Å². The van der Waals surface area contributed by atoms with Crippen molar-refractivity contribution in [3.8, 4) is 10.4 Å². The molecule has 3 aromatic rings. The number of thiophene rings is 1. The Balaban J connectivity index is 1.85. The second-order valence-corrected chi connectivity index (χ2v) is 6.63. The summed E-state index contributed by atoms with van der Waals surface area (Å²) in [6.45, 7) is 1.74. The summed E-state index contributed by atoms with van der Waals surface area (Å²) in [6.07, 6.45) is 0.987. The van der Waals surface area contributed by atoms with Crippen LogP contribution in [0.25, 0.3) is 20.7 Å². The summed E-state index contributed by atoms with van der Waals surface area (Å²) < 4.78 is 0. The first-order chi connectivity index (χ1) is 10.7. The van der Waals surface area contributed by atoms with Crippen molar-refractivity contribution in [3.05, 3.63) is 36.4 Å². The molecule has 4 rings (SSSR count). The molecule has 1 aliphatic heterocycles. The van der Waals surface area contributed by atoms with Crippen molar-refractivity contribution in [1.82, 2.24) is 9.97 Å². The van der Waals surface area contributed by atoms with Gasteiger partial charge in [0.1, 0.15) is 10.6 Å². The van der Waals surface area contributed by atoms with Gasteiger partial charge in [-0.3, -0.25) is 0 Å². The monoisotopic (exact) mass is 311 g/mol. The second-order valence-electron chi connectivity index (χ2n) is 5.60. The van der Waals surface area contributed by atoms with Gasteiger partial charge < -0.3 is 16.4 Å². The molecule has 0 amide bonds. The van der Waals surface area contributed by atoms with Crippen molar-refractivity contribution in [1.29, 1.82) is 0 Å². The molecule has 1 aliphatic rings. The van der Waals surface area contributed by atoms with Gasteiger partial charge in [0, 0.05) is 24.0 Å². The van der Waals surface area contributed by atoms with Crippen molar-refractivity contribution < 1.29 is 0 Å². The summed E-state index contributed by atoms with van der Waals surface area (Å²) in [5.41, 5.74) is 13.1. The van der Waals surface area contributed by atoms with Gasteiger partial charge in [0.05, 0.1) is 5.39 Å². The molecule has 1 aromatic carbocycles. The van der Waals surface area contributed by atoms with E-state index in [9.17, 15) is 0 Å². The molecular weight excluding hydrogens is 294 g/mol. The summed E-state index contributed by atoms with van der Waals surface area (Å²) in [5, 5.41) is 1.06. The lowest BCUT2D eigenvalue weighted by Gasteiger charge is -2.17. The number of anilines is 2. The van der Waals surface area contributed by atoms with Crippen LogP contribution in [0.15, 0.2) is 36.4 Å². The van der Waals surface area contributed by atoms with E-state index >= 15 is 0 Å². The van der Waals surface area contributed by atoms with Crippen LogP contribution in [0.5, 0.6) is 0 Å². The quantitative estimate of drug-likeness (QED) is 0.760. The van der Waals surface area contributed by atoms with Gasteiger partial charge in [-0.25, -0.2) is 4.98 Å². The van der Waals surface area contributed by atoms with Crippen molar-refractivity contribution >= 4 is 33.3 Å². The van der Waals surface area contributed by atoms with Crippen molar-refractivity contribution in [2.75, 3.05) is 23.7 Å². The van der Waals surface area contributed by atoms with E-state index in [1.165, 1.54) is 10.4 Å². The molecule has 5 nitrogen and oxygen atoms in total. The highest BCUT2D eigenvalue weighted by molar-refractivity contribution is 7.21. The SMILES string of the molecule is Nc1nc(N2CCC(N)C2)c2cc(-c3ccccc3)sc2n1. The van der Waals surface area contributed by atoms with E-state index in [0.717, 1.165) is 35.5 Å². The number of hydrogen-bond donors (Lipinski definition) is 2. The topological polar surface area (TPSA) is 81.1 Å². The van der Waals surface area contributed by atoms with Crippen LogP contribution >= 0.6 is 11.3 Å². The number of rotatable bonds is 2. The zero-order valence-electron chi connectivity index (χ0n) is 12.1. The number of nitrogen functional groups attached to an aromatic ring is 1. The summed E-state index contributed by atoms with van der Waals surface area (Å²) in [7, 11) is 0. The fourth-order valence-corrected chi connectivity index (χ4v) is 3.93. The molecule has 3 heterocycles. The van der Waals surface area contributed by atoms with Gasteiger partial charge in [0.15, 0.2) is 0 Å². The predicted molar refractivity (Wildman–Crippen MR) is 92.1 cm³/mol. The Morgan fingerprint density at radius 1 is 1.18 bits per heavy atom. The average molecular weight is 311 g/mol. The smallest absolute Gasteiger partial charge is 0.223 e. The number of hydrogen-bond acceptors (Lipinski definition) is 6. The van der Waals surface area contributed by atoms with Crippen LogP contribution in [-0.2, 0) is 0 Å². The number of aromatic nitrogens is 2. The zero-order chi connectivity index (χ0) is 15.1. The third-order valence-corrected chi connectivity index (χ3v) is 5.05. The molecule has 112 valence electrons. The largest absolute Gasteiger partial charge is 0.368 e. The van der Waals surface area contributed by atoms with Gasteiger partial charge in [-0.05, 0) is 18.1 Å². The fraction of sp³-hybridized carbons (Fsp3) is 0.250. The molecule has 0 spiro atoms. The maximum Gasteiger partial charge on any atom is 0.223 e. The molecule has 0 aliphatic carbocycles. The summed E-state index contributed by atoms with van der Waals surface area (Å²) in [4.78, 5) is 13.2. The van der Waals surface area contributed by atoms with E-state index < -0.39 is 0 Å². The minimum atomic E-state index is 0.207. The average Bonchev–Trinajstić information content (AvgIpc) is 3.13. The molecule has 1 atom stereocenters. The molecule has 1 saturated heterocycles.